The lowest BCUT2D eigenvalue weighted by molar-refractivity contribution is 0.291. The largest absolute Gasteiger partial charge is 0.308 e. The van der Waals surface area contributed by atoms with Gasteiger partial charge in [-0.2, -0.15) is 0 Å². The van der Waals surface area contributed by atoms with Crippen LogP contribution in [0.1, 0.15) is 31.9 Å². The zero-order valence-electron chi connectivity index (χ0n) is 13.1. The van der Waals surface area contributed by atoms with Crippen LogP contribution in [0.3, 0.4) is 0 Å². The molecule has 0 atom stereocenters. The van der Waals surface area contributed by atoms with E-state index in [1.54, 1.807) is 0 Å². The first-order valence-corrected chi connectivity index (χ1v) is 9.71. The fourth-order valence-corrected chi connectivity index (χ4v) is 3.95. The number of nitrogens with one attached hydrogen (secondary N) is 1. The molecule has 21 heavy (non-hydrogen) atoms. The number of halogens is 1. The van der Waals surface area contributed by atoms with Crippen molar-refractivity contribution in [3.63, 3.8) is 0 Å². The van der Waals surface area contributed by atoms with Crippen molar-refractivity contribution in [2.24, 2.45) is 0 Å². The fourth-order valence-electron chi connectivity index (χ4n) is 2.27. The summed E-state index contributed by atoms with van der Waals surface area (Å²) in [4.78, 5) is 2.38. The van der Waals surface area contributed by atoms with Gasteiger partial charge in [0, 0.05) is 58.5 Å². The van der Waals surface area contributed by atoms with E-state index in [1.807, 2.05) is 0 Å². The smallest absolute Gasteiger partial charge is 0.0363 e. The van der Waals surface area contributed by atoms with Crippen LogP contribution >= 0.6 is 15.9 Å². The summed E-state index contributed by atoms with van der Waals surface area (Å²) in [5.74, 6) is 1.62. The number of hydrogen-bond acceptors (Lipinski definition) is 3. The Balaban J connectivity index is 1.94. The maximum atomic E-state index is 11.4. The summed E-state index contributed by atoms with van der Waals surface area (Å²) in [5.41, 5.74) is 2.73. The molecule has 1 aromatic rings. The first kappa shape index (κ1) is 17.1. The lowest BCUT2D eigenvalue weighted by atomic mass is 10.1. The second-order valence-electron chi connectivity index (χ2n) is 6.65. The van der Waals surface area contributed by atoms with E-state index in [-0.39, 0.29) is 5.54 Å². The van der Waals surface area contributed by atoms with Gasteiger partial charge in [-0.1, -0.05) is 28.1 Å². The van der Waals surface area contributed by atoms with Crippen LogP contribution in [0.25, 0.3) is 0 Å². The number of hydrogen-bond donors (Lipinski definition) is 1. The monoisotopic (exact) mass is 372 g/mol. The predicted octanol–water partition coefficient (Wildman–Crippen LogP) is 2.90. The van der Waals surface area contributed by atoms with Gasteiger partial charge in [0.15, 0.2) is 0 Å². The number of benzene rings is 1. The third-order valence-electron chi connectivity index (χ3n) is 3.60. The third kappa shape index (κ3) is 5.81. The van der Waals surface area contributed by atoms with Gasteiger partial charge in [-0.3, -0.25) is 9.11 Å². The molecule has 1 heterocycles. The van der Waals surface area contributed by atoms with Gasteiger partial charge in [0.1, 0.15) is 0 Å². The quantitative estimate of drug-likeness (QED) is 0.881. The molecule has 0 saturated carbocycles. The van der Waals surface area contributed by atoms with Crippen molar-refractivity contribution >= 4 is 26.7 Å². The van der Waals surface area contributed by atoms with Crippen LogP contribution in [0.5, 0.6) is 0 Å². The van der Waals surface area contributed by atoms with E-state index in [0.717, 1.165) is 37.7 Å². The Morgan fingerprint density at radius 2 is 1.95 bits per heavy atom. The Hall–Kier alpha value is -0.230. The van der Waals surface area contributed by atoms with Gasteiger partial charge in [0.2, 0.25) is 0 Å². The minimum absolute atomic E-state index is 0.134. The molecule has 1 saturated heterocycles. The fraction of sp³-hybridized carbons (Fsp3) is 0.625. The van der Waals surface area contributed by atoms with Gasteiger partial charge in [-0.15, -0.1) is 0 Å². The topological polar surface area (TPSA) is 32.3 Å². The van der Waals surface area contributed by atoms with E-state index in [0.29, 0.717) is 0 Å². The minimum atomic E-state index is -0.601. The van der Waals surface area contributed by atoms with Gasteiger partial charge in [0.05, 0.1) is 0 Å². The molecule has 1 N–H and O–H groups in total. The molecule has 0 aliphatic carbocycles. The van der Waals surface area contributed by atoms with E-state index in [9.17, 15) is 4.21 Å². The molecule has 0 unspecified atom stereocenters. The first-order chi connectivity index (χ1) is 9.83. The van der Waals surface area contributed by atoms with Crippen molar-refractivity contribution in [1.82, 2.24) is 10.2 Å². The molecule has 0 spiro atoms. The standard InChI is InChI=1S/C16H25BrN2OS/c1-16(2,3)18-11-13-4-5-14(15(17)10-13)12-19-6-8-21(20)9-7-19/h4-5,10,18H,6-9,11-12H2,1-3H3. The highest BCUT2D eigenvalue weighted by molar-refractivity contribution is 9.10. The maximum absolute atomic E-state index is 11.4. The third-order valence-corrected chi connectivity index (χ3v) is 5.62. The molecule has 1 fully saturated rings. The highest BCUT2D eigenvalue weighted by atomic mass is 79.9. The van der Waals surface area contributed by atoms with E-state index in [2.05, 4.69) is 65.1 Å². The normalized spacial score (nSPS) is 18.1. The maximum Gasteiger partial charge on any atom is 0.0363 e. The summed E-state index contributed by atoms with van der Waals surface area (Å²) in [6.07, 6.45) is 0. The van der Waals surface area contributed by atoms with E-state index in [4.69, 9.17) is 0 Å². The Labute approximate surface area is 139 Å². The second-order valence-corrected chi connectivity index (χ2v) is 9.20. The zero-order chi connectivity index (χ0) is 15.5. The molecular weight excluding hydrogens is 348 g/mol. The summed E-state index contributed by atoms with van der Waals surface area (Å²) in [6, 6.07) is 6.60. The van der Waals surface area contributed by atoms with Gasteiger partial charge < -0.3 is 5.32 Å². The minimum Gasteiger partial charge on any atom is -0.308 e. The van der Waals surface area contributed by atoms with Crippen molar-refractivity contribution in [2.45, 2.75) is 39.4 Å². The van der Waals surface area contributed by atoms with Crippen LogP contribution in [0.15, 0.2) is 22.7 Å². The van der Waals surface area contributed by atoms with Gasteiger partial charge in [0.25, 0.3) is 0 Å². The van der Waals surface area contributed by atoms with Crippen LogP contribution in [0.2, 0.25) is 0 Å². The lowest BCUT2D eigenvalue weighted by Crippen LogP contribution is -2.37. The summed E-state index contributed by atoms with van der Waals surface area (Å²) in [7, 11) is -0.601. The van der Waals surface area contributed by atoms with Crippen molar-refractivity contribution < 1.29 is 4.21 Å². The average molecular weight is 373 g/mol. The van der Waals surface area contributed by atoms with Crippen LogP contribution < -0.4 is 5.32 Å². The van der Waals surface area contributed by atoms with Crippen LogP contribution in [0.4, 0.5) is 0 Å². The molecule has 1 aliphatic heterocycles. The van der Waals surface area contributed by atoms with E-state index >= 15 is 0 Å². The lowest BCUT2D eigenvalue weighted by Gasteiger charge is -2.26. The predicted molar refractivity (Wildman–Crippen MR) is 93.9 cm³/mol. The number of rotatable bonds is 4. The summed E-state index contributed by atoms with van der Waals surface area (Å²) in [5, 5.41) is 3.51. The highest BCUT2D eigenvalue weighted by Crippen LogP contribution is 2.21. The average Bonchev–Trinajstić information content (AvgIpc) is 2.41. The van der Waals surface area contributed by atoms with Crippen molar-refractivity contribution in [3.05, 3.63) is 33.8 Å². The summed E-state index contributed by atoms with van der Waals surface area (Å²) >= 11 is 3.69. The first-order valence-electron chi connectivity index (χ1n) is 7.43. The van der Waals surface area contributed by atoms with Crippen molar-refractivity contribution in [1.29, 1.82) is 0 Å². The molecule has 0 aromatic heterocycles. The molecule has 0 radical (unpaired) electrons. The molecule has 2 rings (SSSR count). The van der Waals surface area contributed by atoms with Crippen LogP contribution in [-0.4, -0.2) is 39.2 Å². The highest BCUT2D eigenvalue weighted by Gasteiger charge is 2.16. The van der Waals surface area contributed by atoms with E-state index < -0.39 is 10.8 Å². The van der Waals surface area contributed by atoms with Crippen molar-refractivity contribution in [2.75, 3.05) is 24.6 Å². The summed E-state index contributed by atoms with van der Waals surface area (Å²) < 4.78 is 12.6. The molecule has 0 bridgehead atoms. The molecular formula is C16H25BrN2OS. The van der Waals surface area contributed by atoms with Gasteiger partial charge in [-0.05, 0) is 38.0 Å². The Morgan fingerprint density at radius 3 is 2.52 bits per heavy atom. The van der Waals surface area contributed by atoms with Crippen LogP contribution in [-0.2, 0) is 23.9 Å². The van der Waals surface area contributed by atoms with Crippen LogP contribution in [0, 0.1) is 0 Å². The van der Waals surface area contributed by atoms with Gasteiger partial charge >= 0.3 is 0 Å². The molecule has 3 nitrogen and oxygen atoms in total. The Bertz CT molecular complexity index is 503. The zero-order valence-corrected chi connectivity index (χ0v) is 15.5. The Morgan fingerprint density at radius 1 is 1.29 bits per heavy atom. The molecule has 118 valence electrons. The van der Waals surface area contributed by atoms with E-state index in [1.165, 1.54) is 15.6 Å². The molecule has 5 heteroatoms. The SMILES string of the molecule is CC(C)(C)NCc1ccc(CN2CCS(=O)CC2)c(Br)c1. The van der Waals surface area contributed by atoms with Crippen molar-refractivity contribution in [3.8, 4) is 0 Å². The molecule has 0 amide bonds. The summed E-state index contributed by atoms with van der Waals surface area (Å²) in [6.45, 7) is 10.2. The Kier molecular flexibility index (Phi) is 6.00. The molecule has 1 aliphatic rings. The second kappa shape index (κ2) is 7.36. The number of nitrogens with zero attached hydrogens (tertiary/aromatic N) is 1. The molecule has 1 aromatic carbocycles. The van der Waals surface area contributed by atoms with Gasteiger partial charge in [-0.25, -0.2) is 0 Å².